The predicted octanol–water partition coefficient (Wildman–Crippen LogP) is 7.81. The van der Waals surface area contributed by atoms with E-state index in [1.165, 1.54) is 33.6 Å². The molecule has 0 radical (unpaired) electrons. The lowest BCUT2D eigenvalue weighted by Gasteiger charge is -2.34. The maximum atomic E-state index is 2.64. The van der Waals surface area contributed by atoms with E-state index in [0.717, 1.165) is 19.8 Å². The molecule has 1 saturated heterocycles. The van der Waals surface area contributed by atoms with Crippen molar-refractivity contribution in [2.75, 3.05) is 29.6 Å². The Morgan fingerprint density at radius 1 is 0.613 bits per heavy atom. The number of hydrogen-bond donors (Lipinski definition) is 0. The van der Waals surface area contributed by atoms with Crippen molar-refractivity contribution in [2.45, 2.75) is 91.9 Å². The molecule has 0 saturated carbocycles. The first-order valence-corrected chi connectivity index (χ1v) is 12.1. The summed E-state index contributed by atoms with van der Waals surface area (Å²) in [6.45, 7) is 26.5. The molecule has 0 N–H and O–H groups in total. The molecule has 0 unspecified atom stereocenters. The highest BCUT2D eigenvalue weighted by molar-refractivity contribution is 5.69. The molecule has 3 rings (SSSR count). The first-order chi connectivity index (χ1) is 14.3. The van der Waals surface area contributed by atoms with Crippen LogP contribution in [0.3, 0.4) is 0 Å². The highest BCUT2D eigenvalue weighted by atomic mass is 15.4. The van der Waals surface area contributed by atoms with Crippen LogP contribution in [0.15, 0.2) is 36.4 Å². The van der Waals surface area contributed by atoms with Gasteiger partial charge < -0.3 is 9.80 Å². The summed E-state index contributed by atoms with van der Waals surface area (Å²) in [4.78, 5) is 5.28. The minimum atomic E-state index is 0.125. The van der Waals surface area contributed by atoms with Crippen LogP contribution in [-0.4, -0.2) is 19.8 Å². The average molecular weight is 421 g/mol. The Kier molecular flexibility index (Phi) is 6.52. The van der Waals surface area contributed by atoms with Crippen molar-refractivity contribution in [1.29, 1.82) is 0 Å². The zero-order chi connectivity index (χ0) is 23.1. The van der Waals surface area contributed by atoms with Crippen molar-refractivity contribution in [3.05, 3.63) is 58.7 Å². The number of anilines is 2. The first kappa shape index (κ1) is 23.7. The fraction of sp³-hybridized carbons (Fsp3) is 0.586. The van der Waals surface area contributed by atoms with Crippen molar-refractivity contribution < 1.29 is 0 Å². The van der Waals surface area contributed by atoms with Crippen molar-refractivity contribution in [3.8, 4) is 0 Å². The number of rotatable bonds is 4. The van der Waals surface area contributed by atoms with E-state index < -0.39 is 0 Å². The van der Waals surface area contributed by atoms with Gasteiger partial charge in [-0.15, -0.1) is 0 Å². The number of hydrogen-bond acceptors (Lipinski definition) is 2. The lowest BCUT2D eigenvalue weighted by Crippen LogP contribution is -2.31. The molecule has 1 aliphatic heterocycles. The van der Waals surface area contributed by atoms with Crippen molar-refractivity contribution in [2.24, 2.45) is 0 Å². The summed E-state index contributed by atoms with van der Waals surface area (Å²) in [7, 11) is 0. The Labute approximate surface area is 191 Å². The zero-order valence-electron chi connectivity index (χ0n) is 21.6. The summed E-state index contributed by atoms with van der Waals surface area (Å²) in [6, 6.07) is 13.8. The van der Waals surface area contributed by atoms with Crippen LogP contribution in [0.1, 0.15) is 103 Å². The minimum absolute atomic E-state index is 0.125. The maximum absolute atomic E-state index is 2.64. The van der Waals surface area contributed by atoms with E-state index in [2.05, 4.69) is 115 Å². The van der Waals surface area contributed by atoms with Gasteiger partial charge in [-0.1, -0.05) is 106 Å². The van der Waals surface area contributed by atoms with Gasteiger partial charge in [0.2, 0.25) is 0 Å². The number of nitrogens with zero attached hydrogens (tertiary/aromatic N) is 2. The van der Waals surface area contributed by atoms with Gasteiger partial charge in [0.05, 0.1) is 6.67 Å². The van der Waals surface area contributed by atoms with Crippen LogP contribution in [0, 0.1) is 0 Å². The topological polar surface area (TPSA) is 6.48 Å². The first-order valence-electron chi connectivity index (χ1n) is 12.1. The smallest absolute Gasteiger partial charge is 0.0904 e. The van der Waals surface area contributed by atoms with E-state index in [1.54, 1.807) is 0 Å². The van der Waals surface area contributed by atoms with Crippen molar-refractivity contribution in [3.63, 3.8) is 0 Å². The molecular weight excluding hydrogens is 376 g/mol. The summed E-state index contributed by atoms with van der Waals surface area (Å²) in [5.74, 6) is 1.03. The summed E-state index contributed by atoms with van der Waals surface area (Å²) in [5.41, 5.74) is 9.06. The summed E-state index contributed by atoms with van der Waals surface area (Å²) >= 11 is 0. The Hall–Kier alpha value is -1.96. The fourth-order valence-electron chi connectivity index (χ4n) is 4.92. The summed E-state index contributed by atoms with van der Waals surface area (Å²) in [5, 5.41) is 0. The fourth-order valence-corrected chi connectivity index (χ4v) is 4.92. The molecule has 1 heterocycles. The largest absolute Gasteiger partial charge is 0.352 e. The van der Waals surface area contributed by atoms with Gasteiger partial charge >= 0.3 is 0 Å². The Balaban J connectivity index is 2.09. The molecule has 2 nitrogen and oxygen atoms in total. The molecule has 0 aliphatic carbocycles. The molecule has 2 aromatic rings. The van der Waals surface area contributed by atoms with Crippen LogP contribution >= 0.6 is 0 Å². The minimum Gasteiger partial charge on any atom is -0.352 e. The van der Waals surface area contributed by atoms with Gasteiger partial charge in [0.15, 0.2) is 0 Å². The van der Waals surface area contributed by atoms with Gasteiger partial charge in [-0.3, -0.25) is 0 Å². The van der Waals surface area contributed by atoms with E-state index in [1.807, 2.05) is 0 Å². The molecule has 0 amide bonds. The molecule has 0 aromatic heterocycles. The normalized spacial score (nSPS) is 15.5. The lowest BCUT2D eigenvalue weighted by atomic mass is 9.82. The van der Waals surface area contributed by atoms with Gasteiger partial charge in [-0.2, -0.15) is 0 Å². The van der Waals surface area contributed by atoms with E-state index >= 15 is 0 Å². The van der Waals surface area contributed by atoms with Gasteiger partial charge in [0, 0.05) is 24.5 Å². The third-order valence-corrected chi connectivity index (χ3v) is 6.61. The van der Waals surface area contributed by atoms with Gasteiger partial charge in [-0.05, 0) is 44.9 Å². The predicted molar refractivity (Wildman–Crippen MR) is 138 cm³/mol. The number of benzene rings is 2. The van der Waals surface area contributed by atoms with Gasteiger partial charge in [-0.25, -0.2) is 0 Å². The Morgan fingerprint density at radius 3 is 1.26 bits per heavy atom. The van der Waals surface area contributed by atoms with Gasteiger partial charge in [0.1, 0.15) is 0 Å². The van der Waals surface area contributed by atoms with Crippen molar-refractivity contribution in [1.82, 2.24) is 0 Å². The number of para-hydroxylation sites is 2. The molecule has 0 atom stereocenters. The van der Waals surface area contributed by atoms with Crippen LogP contribution in [0.25, 0.3) is 0 Å². The molecule has 31 heavy (non-hydrogen) atoms. The van der Waals surface area contributed by atoms with E-state index in [4.69, 9.17) is 0 Å². The second-order valence-corrected chi connectivity index (χ2v) is 12.0. The molecule has 2 heteroatoms. The summed E-state index contributed by atoms with van der Waals surface area (Å²) in [6.07, 6.45) is 0. The summed E-state index contributed by atoms with van der Waals surface area (Å²) < 4.78 is 0. The van der Waals surface area contributed by atoms with E-state index in [9.17, 15) is 0 Å². The van der Waals surface area contributed by atoms with Crippen molar-refractivity contribution >= 4 is 11.4 Å². The Bertz CT molecular complexity index is 834. The van der Waals surface area contributed by atoms with Crippen LogP contribution in [-0.2, 0) is 10.8 Å². The van der Waals surface area contributed by atoms with Crippen LogP contribution < -0.4 is 9.80 Å². The van der Waals surface area contributed by atoms with E-state index in [-0.39, 0.29) is 10.8 Å². The standard InChI is InChI=1S/C29H44N2/c1-20(2)22-13-11-15-24(28(5,6)7)26(22)30-17-18-31(19-30)27-23(21(3)4)14-12-16-25(27)29(8,9)10/h11-16,20-21H,17-19H2,1-10H3. The molecule has 0 bridgehead atoms. The van der Waals surface area contributed by atoms with E-state index in [0.29, 0.717) is 11.8 Å². The Morgan fingerprint density at radius 2 is 0.968 bits per heavy atom. The third-order valence-electron chi connectivity index (χ3n) is 6.61. The lowest BCUT2D eigenvalue weighted by molar-refractivity contribution is 0.585. The molecule has 1 fully saturated rings. The molecule has 0 spiro atoms. The highest BCUT2D eigenvalue weighted by Crippen LogP contribution is 2.42. The van der Waals surface area contributed by atoms with Gasteiger partial charge in [0.25, 0.3) is 0 Å². The second kappa shape index (κ2) is 8.52. The second-order valence-electron chi connectivity index (χ2n) is 12.0. The SMILES string of the molecule is CC(C)c1cccc(C(C)(C)C)c1N1CCN(c2c(C(C)C)cccc2C(C)(C)C)C1. The monoisotopic (exact) mass is 420 g/mol. The quantitative estimate of drug-likeness (QED) is 0.497. The molecular formula is C29H44N2. The van der Waals surface area contributed by atoms with Crippen LogP contribution in [0.4, 0.5) is 11.4 Å². The third kappa shape index (κ3) is 4.78. The molecule has 2 aromatic carbocycles. The molecule has 170 valence electrons. The average Bonchev–Trinajstić information content (AvgIpc) is 3.14. The maximum Gasteiger partial charge on any atom is 0.0904 e. The molecule has 1 aliphatic rings. The highest BCUT2D eigenvalue weighted by Gasteiger charge is 2.32. The van der Waals surface area contributed by atoms with Crippen LogP contribution in [0.5, 0.6) is 0 Å². The zero-order valence-corrected chi connectivity index (χ0v) is 21.6. The van der Waals surface area contributed by atoms with Crippen LogP contribution in [0.2, 0.25) is 0 Å².